The van der Waals surface area contributed by atoms with Crippen molar-refractivity contribution in [1.29, 1.82) is 0 Å². The molecule has 1 rings (SSSR count). The van der Waals surface area contributed by atoms with Gasteiger partial charge in [0.15, 0.2) is 0 Å². The van der Waals surface area contributed by atoms with Crippen LogP contribution in [0.1, 0.15) is 5.56 Å². The molecule has 5 heteroatoms. The van der Waals surface area contributed by atoms with E-state index in [1.165, 1.54) is 6.07 Å². The molecule has 0 heterocycles. The molecule has 0 aromatic heterocycles. The Morgan fingerprint density at radius 1 is 1.58 bits per heavy atom. The molecule has 0 aliphatic carbocycles. The molecule has 1 aromatic rings. The van der Waals surface area contributed by atoms with Crippen molar-refractivity contribution in [3.05, 3.63) is 27.8 Å². The van der Waals surface area contributed by atoms with Crippen LogP contribution in [0, 0.1) is 17.0 Å². The maximum absolute atomic E-state index is 10.5. The number of rotatable bonds is 1. The number of nitro benzene ring substituents is 1. The Morgan fingerprint density at radius 3 is 2.58 bits per heavy atom. The van der Waals surface area contributed by atoms with Crippen molar-refractivity contribution in [2.75, 3.05) is 5.73 Å². The molecule has 0 saturated carbocycles. The molecular formula is C7H8N2O2S. The van der Waals surface area contributed by atoms with E-state index in [2.05, 4.69) is 12.6 Å². The molecule has 0 spiro atoms. The number of nitrogen functional groups attached to an aromatic ring is 1. The topological polar surface area (TPSA) is 69.2 Å². The lowest BCUT2D eigenvalue weighted by Gasteiger charge is -2.02. The van der Waals surface area contributed by atoms with Crippen molar-refractivity contribution in [3.63, 3.8) is 0 Å². The molecule has 0 amide bonds. The fourth-order valence-corrected chi connectivity index (χ4v) is 1.17. The molecule has 0 saturated heterocycles. The highest BCUT2D eigenvalue weighted by Gasteiger charge is 2.16. The first-order chi connectivity index (χ1) is 5.54. The zero-order valence-corrected chi connectivity index (χ0v) is 7.34. The summed E-state index contributed by atoms with van der Waals surface area (Å²) in [5.74, 6) is 0. The number of hydrogen-bond donors (Lipinski definition) is 2. The number of thiol groups is 1. The van der Waals surface area contributed by atoms with E-state index in [-0.39, 0.29) is 11.4 Å². The summed E-state index contributed by atoms with van der Waals surface area (Å²) < 4.78 is 0. The number of nitrogens with zero attached hydrogens (tertiary/aromatic N) is 1. The minimum Gasteiger partial charge on any atom is -0.393 e. The van der Waals surface area contributed by atoms with Gasteiger partial charge in [0.05, 0.1) is 9.82 Å². The second-order valence-electron chi connectivity index (χ2n) is 2.43. The summed E-state index contributed by atoms with van der Waals surface area (Å²) in [6, 6.07) is 3.21. The Balaban J connectivity index is 3.43. The summed E-state index contributed by atoms with van der Waals surface area (Å²) in [5.41, 5.74) is 6.19. The molecule has 0 aliphatic rings. The number of nitro groups is 1. The quantitative estimate of drug-likeness (QED) is 0.302. The average molecular weight is 184 g/mol. The number of aryl methyl sites for hydroxylation is 1. The Labute approximate surface area is 74.9 Å². The van der Waals surface area contributed by atoms with Crippen molar-refractivity contribution in [1.82, 2.24) is 0 Å². The summed E-state index contributed by atoms with van der Waals surface area (Å²) in [6.07, 6.45) is 0. The van der Waals surface area contributed by atoms with Crippen LogP contribution in [-0.2, 0) is 0 Å². The maximum atomic E-state index is 10.5. The average Bonchev–Trinajstić information content (AvgIpc) is 1.97. The Morgan fingerprint density at radius 2 is 2.17 bits per heavy atom. The van der Waals surface area contributed by atoms with E-state index >= 15 is 0 Å². The van der Waals surface area contributed by atoms with E-state index in [1.807, 2.05) is 0 Å². The molecule has 0 aliphatic heterocycles. The van der Waals surface area contributed by atoms with Gasteiger partial charge in [-0.2, -0.15) is 0 Å². The maximum Gasteiger partial charge on any atom is 0.305 e. The molecule has 64 valence electrons. The van der Waals surface area contributed by atoms with Crippen molar-refractivity contribution in [3.8, 4) is 0 Å². The van der Waals surface area contributed by atoms with Gasteiger partial charge in [0, 0.05) is 0 Å². The highest BCUT2D eigenvalue weighted by molar-refractivity contribution is 7.80. The van der Waals surface area contributed by atoms with Crippen LogP contribution in [0.4, 0.5) is 11.4 Å². The van der Waals surface area contributed by atoms with Gasteiger partial charge < -0.3 is 5.73 Å². The van der Waals surface area contributed by atoms with Crippen LogP contribution < -0.4 is 5.73 Å². The van der Waals surface area contributed by atoms with E-state index in [1.54, 1.807) is 13.0 Å². The summed E-state index contributed by atoms with van der Waals surface area (Å²) in [4.78, 5) is 10.3. The van der Waals surface area contributed by atoms with Gasteiger partial charge in [-0.25, -0.2) is 0 Å². The second kappa shape index (κ2) is 3.02. The molecule has 4 nitrogen and oxygen atoms in total. The lowest BCUT2D eigenvalue weighted by molar-refractivity contribution is -0.386. The third-order valence-electron chi connectivity index (χ3n) is 1.57. The summed E-state index contributed by atoms with van der Waals surface area (Å²) in [5, 5.41) is 10.5. The van der Waals surface area contributed by atoms with Crippen molar-refractivity contribution >= 4 is 24.0 Å². The van der Waals surface area contributed by atoms with E-state index in [9.17, 15) is 10.1 Å². The SMILES string of the molecule is Cc1ccc(N)c([N+](=O)[O-])c1S. The van der Waals surface area contributed by atoms with Gasteiger partial charge in [-0.1, -0.05) is 6.07 Å². The van der Waals surface area contributed by atoms with Crippen molar-refractivity contribution < 1.29 is 4.92 Å². The first-order valence-electron chi connectivity index (χ1n) is 3.26. The predicted molar refractivity (Wildman–Crippen MR) is 49.5 cm³/mol. The van der Waals surface area contributed by atoms with Gasteiger partial charge in [-0.3, -0.25) is 10.1 Å². The van der Waals surface area contributed by atoms with Crippen molar-refractivity contribution in [2.24, 2.45) is 0 Å². The smallest absolute Gasteiger partial charge is 0.305 e. The number of hydrogen-bond acceptors (Lipinski definition) is 4. The van der Waals surface area contributed by atoms with Gasteiger partial charge in [0.1, 0.15) is 5.69 Å². The van der Waals surface area contributed by atoms with Gasteiger partial charge >= 0.3 is 5.69 Å². The van der Waals surface area contributed by atoms with Gasteiger partial charge in [-0.15, -0.1) is 12.6 Å². The molecule has 0 radical (unpaired) electrons. The number of benzene rings is 1. The van der Waals surface area contributed by atoms with E-state index < -0.39 is 4.92 Å². The van der Waals surface area contributed by atoms with Crippen LogP contribution >= 0.6 is 12.6 Å². The monoisotopic (exact) mass is 184 g/mol. The normalized spacial score (nSPS) is 9.83. The molecule has 1 aromatic carbocycles. The molecule has 0 fully saturated rings. The van der Waals surface area contributed by atoms with Crippen LogP contribution in [0.2, 0.25) is 0 Å². The van der Waals surface area contributed by atoms with Gasteiger partial charge in [-0.05, 0) is 18.6 Å². The third kappa shape index (κ3) is 1.35. The lowest BCUT2D eigenvalue weighted by atomic mass is 10.2. The van der Waals surface area contributed by atoms with E-state index in [0.29, 0.717) is 4.90 Å². The Kier molecular flexibility index (Phi) is 2.23. The predicted octanol–water partition coefficient (Wildman–Crippen LogP) is 1.77. The molecule has 12 heavy (non-hydrogen) atoms. The minimum atomic E-state index is -0.523. The summed E-state index contributed by atoms with van der Waals surface area (Å²) in [6.45, 7) is 1.74. The molecule has 0 bridgehead atoms. The van der Waals surface area contributed by atoms with Crippen LogP contribution in [0.3, 0.4) is 0 Å². The van der Waals surface area contributed by atoms with Gasteiger partial charge in [0.2, 0.25) is 0 Å². The fraction of sp³-hybridized carbons (Fsp3) is 0.143. The van der Waals surface area contributed by atoms with Crippen LogP contribution in [-0.4, -0.2) is 4.92 Å². The fourth-order valence-electron chi connectivity index (χ4n) is 0.888. The molecule has 2 N–H and O–H groups in total. The van der Waals surface area contributed by atoms with Gasteiger partial charge in [0.25, 0.3) is 0 Å². The zero-order chi connectivity index (χ0) is 9.30. The molecular weight excluding hydrogens is 176 g/mol. The summed E-state index contributed by atoms with van der Waals surface area (Å²) >= 11 is 4.00. The molecule has 0 atom stereocenters. The Hall–Kier alpha value is -1.23. The highest BCUT2D eigenvalue weighted by Crippen LogP contribution is 2.31. The summed E-state index contributed by atoms with van der Waals surface area (Å²) in [7, 11) is 0. The van der Waals surface area contributed by atoms with Crippen LogP contribution in [0.15, 0.2) is 17.0 Å². The standard InChI is InChI=1S/C7H8N2O2S/c1-4-2-3-5(8)6(7(4)12)9(10)11/h2-3,12H,8H2,1H3. The van der Waals surface area contributed by atoms with E-state index in [0.717, 1.165) is 5.56 Å². The van der Waals surface area contributed by atoms with Crippen molar-refractivity contribution in [2.45, 2.75) is 11.8 Å². The molecule has 0 unspecified atom stereocenters. The zero-order valence-electron chi connectivity index (χ0n) is 6.44. The van der Waals surface area contributed by atoms with Crippen LogP contribution in [0.25, 0.3) is 0 Å². The van der Waals surface area contributed by atoms with E-state index in [4.69, 9.17) is 5.73 Å². The first-order valence-corrected chi connectivity index (χ1v) is 3.71. The number of nitrogens with two attached hydrogens (primary N) is 1. The lowest BCUT2D eigenvalue weighted by Crippen LogP contribution is -1.97. The first kappa shape index (κ1) is 8.86. The third-order valence-corrected chi connectivity index (χ3v) is 2.13. The largest absolute Gasteiger partial charge is 0.393 e. The number of anilines is 1. The highest BCUT2D eigenvalue weighted by atomic mass is 32.1. The Bertz CT molecular complexity index is 338. The van der Waals surface area contributed by atoms with Crippen LogP contribution in [0.5, 0.6) is 0 Å². The second-order valence-corrected chi connectivity index (χ2v) is 2.87. The minimum absolute atomic E-state index is 0.113.